The van der Waals surface area contributed by atoms with E-state index in [-0.39, 0.29) is 5.91 Å². The van der Waals surface area contributed by atoms with Crippen LogP contribution >= 0.6 is 0 Å². The largest absolute Gasteiger partial charge is 0.353 e. The van der Waals surface area contributed by atoms with E-state index in [9.17, 15) is 4.79 Å². The second-order valence-electron chi connectivity index (χ2n) is 6.63. The lowest BCUT2D eigenvalue weighted by molar-refractivity contribution is -0.126. The molecule has 0 bridgehead atoms. The topological polar surface area (TPSA) is 61.6 Å². The van der Waals surface area contributed by atoms with Crippen LogP contribution in [0, 0.1) is 5.92 Å². The summed E-state index contributed by atoms with van der Waals surface area (Å²) < 4.78 is 0. The summed E-state index contributed by atoms with van der Waals surface area (Å²) in [7, 11) is 2.16. The van der Waals surface area contributed by atoms with Crippen LogP contribution in [0.4, 0.5) is 0 Å². The van der Waals surface area contributed by atoms with Gasteiger partial charge in [0, 0.05) is 38.8 Å². The van der Waals surface area contributed by atoms with Crippen molar-refractivity contribution in [1.82, 2.24) is 15.1 Å². The molecule has 20 heavy (non-hydrogen) atoms. The first kappa shape index (κ1) is 17.4. The van der Waals surface area contributed by atoms with Crippen molar-refractivity contribution in [2.45, 2.75) is 45.7 Å². The van der Waals surface area contributed by atoms with Crippen molar-refractivity contribution in [1.29, 1.82) is 0 Å². The third-order valence-electron chi connectivity index (χ3n) is 4.50. The number of carbonyl (C=O) groups excluding carboxylic acids is 1. The van der Waals surface area contributed by atoms with Gasteiger partial charge in [0.25, 0.3) is 0 Å². The SMILES string of the molecule is CCC(C)(N)C(=O)NCC(C(C)C)N1CCN(C)CC1. The van der Waals surface area contributed by atoms with E-state index >= 15 is 0 Å². The Balaban J connectivity index is 2.54. The summed E-state index contributed by atoms with van der Waals surface area (Å²) >= 11 is 0. The minimum atomic E-state index is -0.760. The summed E-state index contributed by atoms with van der Waals surface area (Å²) in [5, 5.41) is 3.04. The third-order valence-corrected chi connectivity index (χ3v) is 4.50. The van der Waals surface area contributed by atoms with E-state index in [1.807, 2.05) is 6.92 Å². The Morgan fingerprint density at radius 3 is 2.30 bits per heavy atom. The molecule has 0 aliphatic carbocycles. The van der Waals surface area contributed by atoms with E-state index in [2.05, 4.69) is 36.0 Å². The molecule has 5 heteroatoms. The summed E-state index contributed by atoms with van der Waals surface area (Å²) in [6.45, 7) is 13.2. The van der Waals surface area contributed by atoms with Crippen LogP contribution in [0.5, 0.6) is 0 Å². The number of nitrogens with one attached hydrogen (secondary N) is 1. The smallest absolute Gasteiger partial charge is 0.239 e. The molecule has 1 fully saturated rings. The zero-order valence-electron chi connectivity index (χ0n) is 13.8. The fourth-order valence-corrected chi connectivity index (χ4v) is 2.50. The summed E-state index contributed by atoms with van der Waals surface area (Å²) in [6, 6.07) is 0.389. The zero-order chi connectivity index (χ0) is 15.3. The van der Waals surface area contributed by atoms with Gasteiger partial charge < -0.3 is 16.0 Å². The molecular formula is C15H32N4O. The summed E-state index contributed by atoms with van der Waals surface area (Å²) in [5.41, 5.74) is 5.23. The molecule has 0 aromatic heterocycles. The van der Waals surface area contributed by atoms with Gasteiger partial charge in [-0.15, -0.1) is 0 Å². The number of likely N-dealkylation sites (N-methyl/N-ethyl adjacent to an activating group) is 1. The van der Waals surface area contributed by atoms with Crippen molar-refractivity contribution in [3.8, 4) is 0 Å². The normalized spacial score (nSPS) is 22.6. The van der Waals surface area contributed by atoms with E-state index in [0.29, 0.717) is 24.9 Å². The quantitative estimate of drug-likeness (QED) is 0.746. The highest BCUT2D eigenvalue weighted by molar-refractivity contribution is 5.85. The average Bonchev–Trinajstić information content (AvgIpc) is 2.40. The Morgan fingerprint density at radius 1 is 1.30 bits per heavy atom. The predicted molar refractivity (Wildman–Crippen MR) is 83.6 cm³/mol. The number of nitrogens with two attached hydrogens (primary N) is 1. The molecule has 1 aliphatic rings. The maximum atomic E-state index is 12.1. The van der Waals surface area contributed by atoms with Gasteiger partial charge in [-0.1, -0.05) is 20.8 Å². The summed E-state index contributed by atoms with van der Waals surface area (Å²) in [6.07, 6.45) is 0.652. The molecule has 0 radical (unpaired) electrons. The van der Waals surface area contributed by atoms with Crippen LogP contribution < -0.4 is 11.1 Å². The summed E-state index contributed by atoms with van der Waals surface area (Å²) in [4.78, 5) is 16.9. The van der Waals surface area contributed by atoms with E-state index in [1.165, 1.54) is 0 Å². The first-order valence-electron chi connectivity index (χ1n) is 7.77. The molecule has 1 amide bonds. The molecule has 1 aliphatic heterocycles. The Kier molecular flexibility index (Phi) is 6.43. The highest BCUT2D eigenvalue weighted by Crippen LogP contribution is 2.13. The average molecular weight is 284 g/mol. The molecule has 3 N–H and O–H groups in total. The van der Waals surface area contributed by atoms with Gasteiger partial charge in [-0.3, -0.25) is 9.69 Å². The molecule has 5 nitrogen and oxygen atoms in total. The van der Waals surface area contributed by atoms with Crippen molar-refractivity contribution in [3.05, 3.63) is 0 Å². The van der Waals surface area contributed by atoms with Crippen LogP contribution in [-0.2, 0) is 4.79 Å². The molecule has 0 aromatic carbocycles. The number of hydrogen-bond acceptors (Lipinski definition) is 4. The van der Waals surface area contributed by atoms with Crippen LogP contribution in [0.25, 0.3) is 0 Å². The number of amides is 1. The van der Waals surface area contributed by atoms with E-state index in [4.69, 9.17) is 5.73 Å². The van der Waals surface area contributed by atoms with Gasteiger partial charge in [0.05, 0.1) is 5.54 Å². The minimum absolute atomic E-state index is 0.0419. The lowest BCUT2D eigenvalue weighted by Gasteiger charge is -2.40. The fourth-order valence-electron chi connectivity index (χ4n) is 2.50. The van der Waals surface area contributed by atoms with E-state index in [0.717, 1.165) is 26.2 Å². The Hall–Kier alpha value is -0.650. The van der Waals surface area contributed by atoms with Gasteiger partial charge in [0.1, 0.15) is 0 Å². The molecule has 0 saturated carbocycles. The van der Waals surface area contributed by atoms with Gasteiger partial charge >= 0.3 is 0 Å². The van der Waals surface area contributed by atoms with E-state index < -0.39 is 5.54 Å². The highest BCUT2D eigenvalue weighted by atomic mass is 16.2. The van der Waals surface area contributed by atoms with Crippen LogP contribution in [-0.4, -0.2) is 67.1 Å². The number of piperazine rings is 1. The van der Waals surface area contributed by atoms with Crippen molar-refractivity contribution < 1.29 is 4.79 Å². The lowest BCUT2D eigenvalue weighted by atomic mass is 9.98. The predicted octanol–water partition coefficient (Wildman–Crippen LogP) is 0.502. The first-order valence-corrected chi connectivity index (χ1v) is 7.77. The maximum Gasteiger partial charge on any atom is 0.239 e. The standard InChI is InChI=1S/C15H32N4O/c1-6-15(4,16)14(20)17-11-13(12(2)3)19-9-7-18(5)8-10-19/h12-13H,6-11,16H2,1-5H3,(H,17,20). The minimum Gasteiger partial charge on any atom is -0.353 e. The Bertz CT molecular complexity index is 309. The molecule has 1 rings (SSSR count). The maximum absolute atomic E-state index is 12.1. The first-order chi connectivity index (χ1) is 9.27. The second kappa shape index (κ2) is 7.38. The van der Waals surface area contributed by atoms with Crippen LogP contribution in [0.1, 0.15) is 34.1 Å². The lowest BCUT2D eigenvalue weighted by Crippen LogP contribution is -2.57. The molecular weight excluding hydrogens is 252 g/mol. The fraction of sp³-hybridized carbons (Fsp3) is 0.933. The van der Waals surface area contributed by atoms with Gasteiger partial charge in [-0.2, -0.15) is 0 Å². The molecule has 1 heterocycles. The van der Waals surface area contributed by atoms with Gasteiger partial charge in [0.2, 0.25) is 5.91 Å². The van der Waals surface area contributed by atoms with Crippen LogP contribution in [0.2, 0.25) is 0 Å². The number of nitrogens with zero attached hydrogens (tertiary/aromatic N) is 2. The second-order valence-corrected chi connectivity index (χ2v) is 6.63. The third kappa shape index (κ3) is 4.72. The van der Waals surface area contributed by atoms with E-state index in [1.54, 1.807) is 6.92 Å². The molecule has 2 unspecified atom stereocenters. The van der Waals surface area contributed by atoms with Crippen molar-refractivity contribution in [2.24, 2.45) is 11.7 Å². The molecule has 0 spiro atoms. The molecule has 2 atom stereocenters. The number of rotatable bonds is 6. The van der Waals surface area contributed by atoms with Gasteiger partial charge in [-0.05, 0) is 26.3 Å². The van der Waals surface area contributed by atoms with Crippen molar-refractivity contribution in [3.63, 3.8) is 0 Å². The monoisotopic (exact) mass is 284 g/mol. The van der Waals surface area contributed by atoms with Crippen LogP contribution in [0.15, 0.2) is 0 Å². The number of hydrogen-bond donors (Lipinski definition) is 2. The molecule has 1 saturated heterocycles. The zero-order valence-corrected chi connectivity index (χ0v) is 13.8. The van der Waals surface area contributed by atoms with Crippen molar-refractivity contribution in [2.75, 3.05) is 39.8 Å². The van der Waals surface area contributed by atoms with Gasteiger partial charge in [0.15, 0.2) is 0 Å². The number of carbonyl (C=O) groups is 1. The molecule has 118 valence electrons. The highest BCUT2D eigenvalue weighted by Gasteiger charge is 2.29. The Labute approximate surface area is 123 Å². The van der Waals surface area contributed by atoms with Crippen molar-refractivity contribution >= 4 is 5.91 Å². The van der Waals surface area contributed by atoms with Gasteiger partial charge in [-0.25, -0.2) is 0 Å². The molecule has 0 aromatic rings. The van der Waals surface area contributed by atoms with Crippen LogP contribution in [0.3, 0.4) is 0 Å². The summed E-state index contributed by atoms with van der Waals surface area (Å²) in [5.74, 6) is 0.476. The Morgan fingerprint density at radius 2 is 1.85 bits per heavy atom.